The average molecular weight is 395 g/mol. The molecule has 4 N–H and O–H groups in total. The maximum atomic E-state index is 11.7. The van der Waals surface area contributed by atoms with Crippen molar-refractivity contribution in [2.24, 2.45) is 5.73 Å². The number of nitrogens with one attached hydrogen (secondary N) is 2. The highest BCUT2D eigenvalue weighted by Crippen LogP contribution is 2.14. The van der Waals surface area contributed by atoms with Crippen molar-refractivity contribution >= 4 is 45.8 Å². The van der Waals surface area contributed by atoms with Gasteiger partial charge in [-0.3, -0.25) is 9.59 Å². The van der Waals surface area contributed by atoms with Crippen LogP contribution >= 0.6 is 28.3 Å². The lowest BCUT2D eigenvalue weighted by molar-refractivity contribution is -0.123. The van der Waals surface area contributed by atoms with Gasteiger partial charge in [0.15, 0.2) is 0 Å². The molecule has 8 heteroatoms. The SMILES string of the molecule is COC(CN)CC(=O)NCCC(=O)Nc1ccc(Br)cc1.Cl. The van der Waals surface area contributed by atoms with E-state index in [0.29, 0.717) is 0 Å². The summed E-state index contributed by atoms with van der Waals surface area (Å²) < 4.78 is 5.96. The maximum absolute atomic E-state index is 11.7. The van der Waals surface area contributed by atoms with Gasteiger partial charge in [-0.1, -0.05) is 15.9 Å². The molecule has 0 heterocycles. The molecule has 0 saturated heterocycles. The Morgan fingerprint density at radius 2 is 1.91 bits per heavy atom. The van der Waals surface area contributed by atoms with Crippen LogP contribution in [0.25, 0.3) is 0 Å². The molecular weight excluding hydrogens is 374 g/mol. The Morgan fingerprint density at radius 3 is 2.45 bits per heavy atom. The third-order valence-corrected chi connectivity index (χ3v) is 3.34. The summed E-state index contributed by atoms with van der Waals surface area (Å²) in [4.78, 5) is 23.3. The molecule has 0 aromatic heterocycles. The lowest BCUT2D eigenvalue weighted by atomic mass is 10.2. The number of hydrogen-bond acceptors (Lipinski definition) is 4. The number of ether oxygens (including phenoxy) is 1. The van der Waals surface area contributed by atoms with E-state index in [1.54, 1.807) is 12.1 Å². The number of carbonyl (C=O) groups excluding carboxylic acids is 2. The minimum Gasteiger partial charge on any atom is -0.380 e. The van der Waals surface area contributed by atoms with Crippen LogP contribution < -0.4 is 16.4 Å². The van der Waals surface area contributed by atoms with Gasteiger partial charge in [-0.15, -0.1) is 12.4 Å². The summed E-state index contributed by atoms with van der Waals surface area (Å²) in [6.07, 6.45) is 0.116. The van der Waals surface area contributed by atoms with Gasteiger partial charge in [0.25, 0.3) is 0 Å². The van der Waals surface area contributed by atoms with Crippen molar-refractivity contribution < 1.29 is 14.3 Å². The summed E-state index contributed by atoms with van der Waals surface area (Å²) in [7, 11) is 1.51. The van der Waals surface area contributed by atoms with Crippen LogP contribution in [0.4, 0.5) is 5.69 Å². The van der Waals surface area contributed by atoms with E-state index in [-0.39, 0.29) is 56.3 Å². The zero-order valence-corrected chi connectivity index (χ0v) is 14.7. The molecule has 0 saturated carbocycles. The van der Waals surface area contributed by atoms with E-state index in [0.717, 1.165) is 10.2 Å². The Morgan fingerprint density at radius 1 is 1.27 bits per heavy atom. The number of anilines is 1. The van der Waals surface area contributed by atoms with E-state index < -0.39 is 0 Å². The van der Waals surface area contributed by atoms with Gasteiger partial charge >= 0.3 is 0 Å². The number of carbonyl (C=O) groups is 2. The molecule has 0 aliphatic rings. The molecule has 0 spiro atoms. The molecule has 1 aromatic carbocycles. The van der Waals surface area contributed by atoms with Crippen molar-refractivity contribution in [3.63, 3.8) is 0 Å². The van der Waals surface area contributed by atoms with Gasteiger partial charge in [0, 0.05) is 36.8 Å². The van der Waals surface area contributed by atoms with Crippen molar-refractivity contribution in [3.8, 4) is 0 Å². The van der Waals surface area contributed by atoms with Crippen LogP contribution in [0, 0.1) is 0 Å². The van der Waals surface area contributed by atoms with Gasteiger partial charge in [0.1, 0.15) is 0 Å². The minimum absolute atomic E-state index is 0. The number of amides is 2. The van der Waals surface area contributed by atoms with Gasteiger partial charge < -0.3 is 21.1 Å². The van der Waals surface area contributed by atoms with Crippen LogP contribution in [-0.2, 0) is 14.3 Å². The first-order valence-corrected chi connectivity index (χ1v) is 7.39. The monoisotopic (exact) mass is 393 g/mol. The summed E-state index contributed by atoms with van der Waals surface area (Å²) in [5.74, 6) is -0.330. The summed E-state index contributed by atoms with van der Waals surface area (Å²) in [5.41, 5.74) is 6.15. The topological polar surface area (TPSA) is 93.4 Å². The lowest BCUT2D eigenvalue weighted by Crippen LogP contribution is -2.33. The van der Waals surface area contributed by atoms with Crippen molar-refractivity contribution in [1.29, 1.82) is 0 Å². The van der Waals surface area contributed by atoms with Gasteiger partial charge in [-0.2, -0.15) is 0 Å². The fourth-order valence-corrected chi connectivity index (χ4v) is 1.88. The van der Waals surface area contributed by atoms with Crippen LogP contribution in [0.1, 0.15) is 12.8 Å². The third-order valence-electron chi connectivity index (χ3n) is 2.81. The predicted molar refractivity (Wildman–Crippen MR) is 92.1 cm³/mol. The second-order valence-electron chi connectivity index (χ2n) is 4.45. The van der Waals surface area contributed by atoms with Crippen LogP contribution in [-0.4, -0.2) is 38.1 Å². The van der Waals surface area contributed by atoms with Crippen LogP contribution in [0.15, 0.2) is 28.7 Å². The Bertz CT molecular complexity index is 467. The van der Waals surface area contributed by atoms with Gasteiger partial charge in [-0.25, -0.2) is 0 Å². The second kappa shape index (κ2) is 11.4. The van der Waals surface area contributed by atoms with Crippen molar-refractivity contribution in [2.75, 3.05) is 25.5 Å². The molecule has 0 aliphatic heterocycles. The normalized spacial score (nSPS) is 11.2. The minimum atomic E-state index is -0.290. The van der Waals surface area contributed by atoms with Crippen molar-refractivity contribution in [1.82, 2.24) is 5.32 Å². The standard InChI is InChI=1S/C14H20BrN3O3.ClH/c1-21-12(9-16)8-14(20)17-7-6-13(19)18-11-4-2-10(15)3-5-11;/h2-5,12H,6-9,16H2,1H3,(H,17,20)(H,18,19);1H. The highest BCUT2D eigenvalue weighted by molar-refractivity contribution is 9.10. The third kappa shape index (κ3) is 8.33. The summed E-state index contributed by atoms with van der Waals surface area (Å²) in [5, 5.41) is 5.41. The fraction of sp³-hybridized carbons (Fsp3) is 0.429. The summed E-state index contributed by atoms with van der Waals surface area (Å²) in [6, 6.07) is 7.28. The molecular formula is C14H21BrClN3O3. The summed E-state index contributed by atoms with van der Waals surface area (Å²) >= 11 is 3.32. The quantitative estimate of drug-likeness (QED) is 0.625. The molecule has 1 atom stereocenters. The first-order chi connectivity index (χ1) is 10.0. The molecule has 2 amide bonds. The molecule has 6 nitrogen and oxygen atoms in total. The molecule has 1 unspecified atom stereocenters. The van der Waals surface area contributed by atoms with Crippen LogP contribution in [0.5, 0.6) is 0 Å². The molecule has 1 aromatic rings. The lowest BCUT2D eigenvalue weighted by Gasteiger charge is -2.12. The molecule has 1 rings (SSSR count). The smallest absolute Gasteiger partial charge is 0.226 e. The molecule has 0 bridgehead atoms. The molecule has 124 valence electrons. The highest BCUT2D eigenvalue weighted by Gasteiger charge is 2.11. The van der Waals surface area contributed by atoms with E-state index in [1.165, 1.54) is 7.11 Å². The Hall–Kier alpha value is -1.15. The first kappa shape index (κ1) is 20.9. The number of nitrogens with two attached hydrogens (primary N) is 1. The first-order valence-electron chi connectivity index (χ1n) is 6.60. The van der Waals surface area contributed by atoms with E-state index in [2.05, 4.69) is 26.6 Å². The van der Waals surface area contributed by atoms with Gasteiger partial charge in [-0.05, 0) is 24.3 Å². The zero-order valence-electron chi connectivity index (χ0n) is 12.3. The van der Waals surface area contributed by atoms with Crippen LogP contribution in [0.3, 0.4) is 0 Å². The van der Waals surface area contributed by atoms with E-state index >= 15 is 0 Å². The number of methoxy groups -OCH3 is 1. The summed E-state index contributed by atoms with van der Waals surface area (Å²) in [6.45, 7) is 0.566. The number of rotatable bonds is 8. The zero-order chi connectivity index (χ0) is 15.7. The largest absolute Gasteiger partial charge is 0.380 e. The molecule has 0 aliphatic carbocycles. The second-order valence-corrected chi connectivity index (χ2v) is 5.37. The van der Waals surface area contributed by atoms with E-state index in [9.17, 15) is 9.59 Å². The van der Waals surface area contributed by atoms with Crippen LogP contribution in [0.2, 0.25) is 0 Å². The number of hydrogen-bond donors (Lipinski definition) is 3. The number of benzene rings is 1. The molecule has 0 fully saturated rings. The fourth-order valence-electron chi connectivity index (χ4n) is 1.61. The van der Waals surface area contributed by atoms with Gasteiger partial charge in [0.2, 0.25) is 11.8 Å². The Balaban J connectivity index is 0.00000441. The number of halogens is 2. The average Bonchev–Trinajstić information content (AvgIpc) is 2.47. The maximum Gasteiger partial charge on any atom is 0.226 e. The Labute approximate surface area is 144 Å². The van der Waals surface area contributed by atoms with Gasteiger partial charge in [0.05, 0.1) is 12.5 Å². The molecule has 0 radical (unpaired) electrons. The van der Waals surface area contributed by atoms with Crippen molar-refractivity contribution in [2.45, 2.75) is 18.9 Å². The highest BCUT2D eigenvalue weighted by atomic mass is 79.9. The Kier molecular flexibility index (Phi) is 10.8. The van der Waals surface area contributed by atoms with E-state index in [1.807, 2.05) is 12.1 Å². The predicted octanol–water partition coefficient (Wildman–Crippen LogP) is 1.68. The van der Waals surface area contributed by atoms with E-state index in [4.69, 9.17) is 10.5 Å². The van der Waals surface area contributed by atoms with Crippen molar-refractivity contribution in [3.05, 3.63) is 28.7 Å². The molecule has 22 heavy (non-hydrogen) atoms.